The number of nitrogens with one attached hydrogen (secondary N) is 1. The van der Waals surface area contributed by atoms with Gasteiger partial charge >= 0.3 is 0 Å². The van der Waals surface area contributed by atoms with E-state index in [9.17, 15) is 9.59 Å². The molecule has 2 aromatic rings. The lowest BCUT2D eigenvalue weighted by molar-refractivity contribution is -0.129. The SMILES string of the molecule is CCC(=O)N(C)CCc1cc(Br)c(OCCCNC(=O)c2c(OC)cccc2OC)c(Br)c1. The summed E-state index contributed by atoms with van der Waals surface area (Å²) in [6.45, 7) is 3.38. The molecule has 0 aliphatic rings. The fraction of sp³-hybridized carbons (Fsp3) is 0.417. The van der Waals surface area contributed by atoms with E-state index in [0.717, 1.165) is 20.9 Å². The first-order valence-electron chi connectivity index (χ1n) is 10.7. The standard InChI is InChI=1S/C24H30Br2N2O5/c1-5-21(29)28(2)12-10-16-14-17(25)23(18(26)15-16)33-13-7-11-27-24(30)22-19(31-3)8-6-9-20(22)32-4/h6,8-9,14-15H,5,7,10-13H2,1-4H3,(H,27,30). The molecule has 0 unspecified atom stereocenters. The average Bonchev–Trinajstić information content (AvgIpc) is 2.82. The summed E-state index contributed by atoms with van der Waals surface area (Å²) in [5, 5.41) is 2.88. The Morgan fingerprint density at radius 3 is 2.21 bits per heavy atom. The van der Waals surface area contributed by atoms with Crippen LogP contribution >= 0.6 is 31.9 Å². The van der Waals surface area contributed by atoms with Crippen molar-refractivity contribution < 1.29 is 23.8 Å². The number of methoxy groups -OCH3 is 2. The van der Waals surface area contributed by atoms with Crippen LogP contribution in [0.5, 0.6) is 17.2 Å². The van der Waals surface area contributed by atoms with Gasteiger partial charge in [0.1, 0.15) is 22.8 Å². The number of hydrogen-bond acceptors (Lipinski definition) is 5. The number of carbonyl (C=O) groups is 2. The first-order valence-corrected chi connectivity index (χ1v) is 12.2. The Morgan fingerprint density at radius 2 is 1.67 bits per heavy atom. The van der Waals surface area contributed by atoms with Crippen molar-refractivity contribution in [1.82, 2.24) is 10.2 Å². The van der Waals surface area contributed by atoms with E-state index >= 15 is 0 Å². The number of hydrogen-bond donors (Lipinski definition) is 1. The second-order valence-corrected chi connectivity index (χ2v) is 9.01. The Bertz CT molecular complexity index is 923. The van der Waals surface area contributed by atoms with Crippen molar-refractivity contribution >= 4 is 43.7 Å². The van der Waals surface area contributed by atoms with E-state index in [4.69, 9.17) is 14.2 Å². The molecule has 0 aromatic heterocycles. The Labute approximate surface area is 212 Å². The number of amides is 2. The van der Waals surface area contributed by atoms with Gasteiger partial charge in [0.2, 0.25) is 5.91 Å². The molecular formula is C24H30Br2N2O5. The smallest absolute Gasteiger partial charge is 0.258 e. The minimum Gasteiger partial charge on any atom is -0.496 e. The molecule has 7 nitrogen and oxygen atoms in total. The lowest BCUT2D eigenvalue weighted by Crippen LogP contribution is -2.27. The Hall–Kier alpha value is -2.26. The van der Waals surface area contributed by atoms with Crippen molar-refractivity contribution in [2.24, 2.45) is 0 Å². The van der Waals surface area contributed by atoms with Gasteiger partial charge in [-0.1, -0.05) is 13.0 Å². The molecule has 180 valence electrons. The summed E-state index contributed by atoms with van der Waals surface area (Å²) < 4.78 is 18.2. The monoisotopic (exact) mass is 584 g/mol. The molecule has 0 fully saturated rings. The molecule has 0 saturated carbocycles. The molecule has 33 heavy (non-hydrogen) atoms. The second kappa shape index (κ2) is 13.4. The van der Waals surface area contributed by atoms with E-state index in [2.05, 4.69) is 37.2 Å². The first kappa shape index (κ1) is 27.0. The Kier molecular flexibility index (Phi) is 11.0. The topological polar surface area (TPSA) is 77.1 Å². The van der Waals surface area contributed by atoms with Gasteiger partial charge in [-0.2, -0.15) is 0 Å². The third kappa shape index (κ3) is 7.64. The molecule has 2 amide bonds. The largest absolute Gasteiger partial charge is 0.496 e. The maximum absolute atomic E-state index is 12.6. The molecule has 0 radical (unpaired) electrons. The molecule has 0 heterocycles. The van der Waals surface area contributed by atoms with E-state index in [-0.39, 0.29) is 11.8 Å². The highest BCUT2D eigenvalue weighted by Gasteiger charge is 2.17. The number of nitrogens with zero attached hydrogens (tertiary/aromatic N) is 1. The molecule has 0 bridgehead atoms. The summed E-state index contributed by atoms with van der Waals surface area (Å²) in [4.78, 5) is 26.1. The lowest BCUT2D eigenvalue weighted by atomic mass is 10.1. The average molecular weight is 586 g/mol. The van der Waals surface area contributed by atoms with Crippen molar-refractivity contribution in [1.29, 1.82) is 0 Å². The summed E-state index contributed by atoms with van der Waals surface area (Å²) in [7, 11) is 4.85. The Balaban J connectivity index is 1.86. The number of likely N-dealkylation sites (N-methyl/N-ethyl adjacent to an activating group) is 1. The molecule has 2 rings (SSSR count). The number of halogens is 2. The number of benzene rings is 2. The van der Waals surface area contributed by atoms with Crippen LogP contribution in [-0.2, 0) is 11.2 Å². The maximum Gasteiger partial charge on any atom is 0.258 e. The highest BCUT2D eigenvalue weighted by Crippen LogP contribution is 2.35. The third-order valence-electron chi connectivity index (χ3n) is 5.03. The molecule has 9 heteroatoms. The van der Waals surface area contributed by atoms with Gasteiger partial charge < -0.3 is 24.4 Å². The fourth-order valence-corrected chi connectivity index (χ4v) is 4.71. The molecule has 0 aliphatic heterocycles. The molecule has 0 aliphatic carbocycles. The summed E-state index contributed by atoms with van der Waals surface area (Å²) >= 11 is 7.14. The fourth-order valence-electron chi connectivity index (χ4n) is 3.20. The quantitative estimate of drug-likeness (QED) is 0.361. The number of carbonyl (C=O) groups excluding carboxylic acids is 2. The predicted octanol–water partition coefficient (Wildman–Crippen LogP) is 4.84. The van der Waals surface area contributed by atoms with Gasteiger partial charge in [-0.3, -0.25) is 9.59 Å². The van der Waals surface area contributed by atoms with E-state index in [0.29, 0.717) is 55.4 Å². The zero-order chi connectivity index (χ0) is 24.4. The Morgan fingerprint density at radius 1 is 1.06 bits per heavy atom. The minimum atomic E-state index is -0.262. The van der Waals surface area contributed by atoms with Crippen molar-refractivity contribution in [3.8, 4) is 17.2 Å². The van der Waals surface area contributed by atoms with Crippen molar-refractivity contribution in [3.63, 3.8) is 0 Å². The first-order chi connectivity index (χ1) is 15.8. The van der Waals surface area contributed by atoms with E-state index in [1.54, 1.807) is 23.1 Å². The van der Waals surface area contributed by atoms with Crippen molar-refractivity contribution in [3.05, 3.63) is 50.4 Å². The lowest BCUT2D eigenvalue weighted by Gasteiger charge is -2.17. The van der Waals surface area contributed by atoms with Gasteiger partial charge in [0.05, 0.1) is 29.8 Å². The van der Waals surface area contributed by atoms with Crippen LogP contribution in [0.4, 0.5) is 0 Å². The molecule has 2 aromatic carbocycles. The van der Waals surface area contributed by atoms with Crippen LogP contribution in [0.15, 0.2) is 39.3 Å². The van der Waals surface area contributed by atoms with Crippen LogP contribution in [0.25, 0.3) is 0 Å². The van der Waals surface area contributed by atoms with Gasteiger partial charge in [-0.15, -0.1) is 0 Å². The third-order valence-corrected chi connectivity index (χ3v) is 6.21. The molecule has 0 spiro atoms. The van der Waals surface area contributed by atoms with Crippen LogP contribution in [0.3, 0.4) is 0 Å². The van der Waals surface area contributed by atoms with Crippen LogP contribution < -0.4 is 19.5 Å². The number of ether oxygens (including phenoxy) is 3. The van der Waals surface area contributed by atoms with Crippen molar-refractivity contribution in [2.45, 2.75) is 26.2 Å². The summed E-state index contributed by atoms with van der Waals surface area (Å²) in [6.07, 6.45) is 1.87. The van der Waals surface area contributed by atoms with Gasteiger partial charge in [0.25, 0.3) is 5.91 Å². The van der Waals surface area contributed by atoms with Gasteiger partial charge in [-0.25, -0.2) is 0 Å². The molecule has 0 saturated heterocycles. The molecular weight excluding hydrogens is 556 g/mol. The predicted molar refractivity (Wildman–Crippen MR) is 135 cm³/mol. The zero-order valence-corrected chi connectivity index (χ0v) is 22.5. The normalized spacial score (nSPS) is 10.5. The highest BCUT2D eigenvalue weighted by molar-refractivity contribution is 9.11. The van der Waals surface area contributed by atoms with Crippen LogP contribution in [0.2, 0.25) is 0 Å². The highest BCUT2D eigenvalue weighted by atomic mass is 79.9. The molecule has 0 atom stereocenters. The summed E-state index contributed by atoms with van der Waals surface area (Å²) in [5.41, 5.74) is 1.46. The second-order valence-electron chi connectivity index (χ2n) is 7.30. The van der Waals surface area contributed by atoms with Crippen LogP contribution in [-0.4, -0.2) is 57.7 Å². The van der Waals surface area contributed by atoms with Gasteiger partial charge in [0, 0.05) is 26.6 Å². The van der Waals surface area contributed by atoms with E-state index in [1.807, 2.05) is 26.1 Å². The van der Waals surface area contributed by atoms with Gasteiger partial charge in [-0.05, 0) is 74.5 Å². The summed E-state index contributed by atoms with van der Waals surface area (Å²) in [6, 6.07) is 9.21. The van der Waals surface area contributed by atoms with Crippen molar-refractivity contribution in [2.75, 3.05) is 41.0 Å². The summed E-state index contributed by atoms with van der Waals surface area (Å²) in [5.74, 6) is 1.49. The molecule has 1 N–H and O–H groups in total. The zero-order valence-electron chi connectivity index (χ0n) is 19.4. The van der Waals surface area contributed by atoms with Gasteiger partial charge in [0.15, 0.2) is 0 Å². The van der Waals surface area contributed by atoms with Crippen LogP contribution in [0, 0.1) is 0 Å². The van der Waals surface area contributed by atoms with Crippen LogP contribution in [0.1, 0.15) is 35.7 Å². The minimum absolute atomic E-state index is 0.129. The maximum atomic E-state index is 12.6. The van der Waals surface area contributed by atoms with E-state index in [1.165, 1.54) is 14.2 Å². The number of rotatable bonds is 12. The van der Waals surface area contributed by atoms with E-state index < -0.39 is 0 Å².